The second kappa shape index (κ2) is 9.71. The van der Waals surface area contributed by atoms with Crippen LogP contribution in [-0.2, 0) is 4.79 Å². The van der Waals surface area contributed by atoms with Crippen molar-refractivity contribution < 1.29 is 19.4 Å². The van der Waals surface area contributed by atoms with Crippen LogP contribution in [-0.4, -0.2) is 55.5 Å². The van der Waals surface area contributed by atoms with Gasteiger partial charge in [0, 0.05) is 19.0 Å². The highest BCUT2D eigenvalue weighted by Crippen LogP contribution is 2.39. The maximum atomic E-state index is 13.2. The molecule has 2 heterocycles. The van der Waals surface area contributed by atoms with E-state index in [4.69, 9.17) is 9.47 Å². The lowest BCUT2D eigenvalue weighted by Crippen LogP contribution is -2.34. The van der Waals surface area contributed by atoms with Gasteiger partial charge in [0.15, 0.2) is 11.5 Å². The van der Waals surface area contributed by atoms with E-state index in [0.717, 1.165) is 30.8 Å². The molecule has 0 aliphatic carbocycles. The summed E-state index contributed by atoms with van der Waals surface area (Å²) in [7, 11) is 1.61. The van der Waals surface area contributed by atoms with Gasteiger partial charge in [-0.15, -0.1) is 0 Å². The minimum atomic E-state index is -0.868. The first-order valence-corrected chi connectivity index (χ1v) is 11.2. The Labute approximate surface area is 184 Å². The summed E-state index contributed by atoms with van der Waals surface area (Å²) in [4.78, 5) is 17.1. The number of carbonyl (C=O) groups is 1. The lowest BCUT2D eigenvalue weighted by Gasteiger charge is -2.26. The van der Waals surface area contributed by atoms with Gasteiger partial charge in [0.1, 0.15) is 12.8 Å². The van der Waals surface area contributed by atoms with Crippen LogP contribution in [0.2, 0.25) is 0 Å². The van der Waals surface area contributed by atoms with Crippen molar-refractivity contribution in [2.24, 2.45) is 0 Å². The molecule has 2 aliphatic rings. The Hall–Kier alpha value is -2.57. The van der Waals surface area contributed by atoms with Gasteiger partial charge >= 0.3 is 0 Å². The molecular formula is C25H32N2O4. The van der Waals surface area contributed by atoms with Crippen molar-refractivity contribution in [1.82, 2.24) is 4.90 Å². The fourth-order valence-corrected chi connectivity index (χ4v) is 4.59. The van der Waals surface area contributed by atoms with E-state index in [2.05, 4.69) is 4.90 Å². The van der Waals surface area contributed by atoms with E-state index in [-0.39, 0.29) is 11.8 Å². The topological polar surface area (TPSA) is 62.2 Å². The average Bonchev–Trinajstić information content (AvgIpc) is 3.08. The molecule has 2 aliphatic heterocycles. The van der Waals surface area contributed by atoms with Crippen molar-refractivity contribution in [2.75, 3.05) is 38.3 Å². The standard InChI is InChI=1S/C25H32N2O4/c1-18-7-6-8-19(15-18)21-17-24(28)27(25(21)29)20-9-10-22(30-2)23(16-20)31-14-13-26-11-4-3-5-12-26/h6-10,15-16,21,24,28H,3-5,11-14,17H2,1-2H3. The Morgan fingerprint density at radius 1 is 1.06 bits per heavy atom. The summed E-state index contributed by atoms with van der Waals surface area (Å²) in [6, 6.07) is 13.3. The molecule has 2 atom stereocenters. The Morgan fingerprint density at radius 3 is 2.61 bits per heavy atom. The second-order valence-corrected chi connectivity index (χ2v) is 8.48. The summed E-state index contributed by atoms with van der Waals surface area (Å²) in [5.41, 5.74) is 2.67. The molecule has 2 saturated heterocycles. The molecule has 31 heavy (non-hydrogen) atoms. The number of amides is 1. The fourth-order valence-electron chi connectivity index (χ4n) is 4.59. The van der Waals surface area contributed by atoms with E-state index >= 15 is 0 Å². The van der Waals surface area contributed by atoms with Gasteiger partial charge in [0.2, 0.25) is 5.91 Å². The SMILES string of the molecule is COc1ccc(N2C(=O)C(c3cccc(C)c3)CC2O)cc1OCCN1CCCCC1. The summed E-state index contributed by atoms with van der Waals surface area (Å²) in [6.07, 6.45) is 3.31. The van der Waals surface area contributed by atoms with Gasteiger partial charge < -0.3 is 14.6 Å². The zero-order valence-electron chi connectivity index (χ0n) is 18.4. The Morgan fingerprint density at radius 2 is 1.87 bits per heavy atom. The molecule has 6 heteroatoms. The number of nitrogens with zero attached hydrogens (tertiary/aromatic N) is 2. The van der Waals surface area contributed by atoms with Crippen LogP contribution in [0.4, 0.5) is 5.69 Å². The van der Waals surface area contributed by atoms with Crippen LogP contribution in [0, 0.1) is 6.92 Å². The highest BCUT2D eigenvalue weighted by atomic mass is 16.5. The molecule has 0 aromatic heterocycles. The second-order valence-electron chi connectivity index (χ2n) is 8.48. The molecule has 0 saturated carbocycles. The van der Waals surface area contributed by atoms with Gasteiger partial charge in [-0.3, -0.25) is 14.6 Å². The number of aryl methyl sites for hydroxylation is 1. The Bertz CT molecular complexity index is 910. The van der Waals surface area contributed by atoms with Gasteiger partial charge in [-0.05, 0) is 50.6 Å². The quantitative estimate of drug-likeness (QED) is 0.734. The molecular weight excluding hydrogens is 392 g/mol. The summed E-state index contributed by atoms with van der Waals surface area (Å²) in [5, 5.41) is 10.7. The largest absolute Gasteiger partial charge is 0.493 e. The van der Waals surface area contributed by atoms with E-state index in [0.29, 0.717) is 30.2 Å². The zero-order valence-corrected chi connectivity index (χ0v) is 18.4. The maximum Gasteiger partial charge on any atom is 0.236 e. The number of methoxy groups -OCH3 is 1. The molecule has 2 unspecified atom stereocenters. The minimum Gasteiger partial charge on any atom is -0.493 e. The van der Waals surface area contributed by atoms with E-state index in [1.54, 1.807) is 25.3 Å². The predicted octanol–water partition coefficient (Wildman–Crippen LogP) is 3.71. The monoisotopic (exact) mass is 424 g/mol. The van der Waals surface area contributed by atoms with Crippen molar-refractivity contribution in [2.45, 2.75) is 44.8 Å². The van der Waals surface area contributed by atoms with Crippen LogP contribution in [0.15, 0.2) is 42.5 Å². The highest BCUT2D eigenvalue weighted by Gasteiger charge is 2.40. The lowest BCUT2D eigenvalue weighted by molar-refractivity contribution is -0.118. The average molecular weight is 425 g/mol. The van der Waals surface area contributed by atoms with Crippen LogP contribution in [0.1, 0.15) is 42.7 Å². The van der Waals surface area contributed by atoms with Gasteiger partial charge in [-0.1, -0.05) is 36.2 Å². The molecule has 6 nitrogen and oxygen atoms in total. The first-order chi connectivity index (χ1) is 15.1. The number of ether oxygens (including phenoxy) is 2. The molecule has 166 valence electrons. The van der Waals surface area contributed by atoms with Gasteiger partial charge in [-0.25, -0.2) is 0 Å². The molecule has 0 spiro atoms. The zero-order chi connectivity index (χ0) is 21.8. The van der Waals surface area contributed by atoms with Crippen molar-refractivity contribution in [3.8, 4) is 11.5 Å². The molecule has 2 aromatic carbocycles. The molecule has 2 fully saturated rings. The van der Waals surface area contributed by atoms with Crippen molar-refractivity contribution in [3.05, 3.63) is 53.6 Å². The number of carbonyl (C=O) groups excluding carboxylic acids is 1. The molecule has 4 rings (SSSR count). The number of aliphatic hydroxyl groups excluding tert-OH is 1. The molecule has 1 N–H and O–H groups in total. The number of hydrogen-bond acceptors (Lipinski definition) is 5. The molecule has 2 aromatic rings. The van der Waals surface area contributed by atoms with Crippen LogP contribution >= 0.6 is 0 Å². The summed E-state index contributed by atoms with van der Waals surface area (Å²) in [5.74, 6) is 0.776. The number of hydrogen-bond donors (Lipinski definition) is 1. The Balaban J connectivity index is 1.49. The molecule has 0 bridgehead atoms. The number of aliphatic hydroxyl groups is 1. The third kappa shape index (κ3) is 4.86. The Kier molecular flexibility index (Phi) is 6.78. The molecule has 0 radical (unpaired) electrons. The van der Waals surface area contributed by atoms with Crippen LogP contribution in [0.25, 0.3) is 0 Å². The number of likely N-dealkylation sites (tertiary alicyclic amines) is 1. The van der Waals surface area contributed by atoms with Crippen LogP contribution < -0.4 is 14.4 Å². The maximum absolute atomic E-state index is 13.2. The molecule has 1 amide bonds. The van der Waals surface area contributed by atoms with Crippen molar-refractivity contribution in [1.29, 1.82) is 0 Å². The summed E-state index contributed by atoms with van der Waals surface area (Å²) < 4.78 is 11.5. The number of rotatable bonds is 7. The third-order valence-electron chi connectivity index (χ3n) is 6.26. The van der Waals surface area contributed by atoms with Crippen molar-refractivity contribution >= 4 is 11.6 Å². The van der Waals surface area contributed by atoms with Gasteiger partial charge in [0.25, 0.3) is 0 Å². The smallest absolute Gasteiger partial charge is 0.236 e. The van der Waals surface area contributed by atoms with E-state index in [1.165, 1.54) is 24.2 Å². The van der Waals surface area contributed by atoms with E-state index in [9.17, 15) is 9.90 Å². The first-order valence-electron chi connectivity index (χ1n) is 11.2. The minimum absolute atomic E-state index is 0.0949. The highest BCUT2D eigenvalue weighted by molar-refractivity contribution is 6.01. The van der Waals surface area contributed by atoms with Crippen LogP contribution in [0.5, 0.6) is 11.5 Å². The summed E-state index contributed by atoms with van der Waals surface area (Å²) >= 11 is 0. The predicted molar refractivity (Wildman–Crippen MR) is 121 cm³/mol. The van der Waals surface area contributed by atoms with Gasteiger partial charge in [-0.2, -0.15) is 0 Å². The van der Waals surface area contributed by atoms with Crippen molar-refractivity contribution in [3.63, 3.8) is 0 Å². The number of anilines is 1. The third-order valence-corrected chi connectivity index (χ3v) is 6.26. The van der Waals surface area contributed by atoms with E-state index < -0.39 is 6.23 Å². The first kappa shape index (κ1) is 21.7. The summed E-state index contributed by atoms with van der Waals surface area (Å²) in [6.45, 7) is 5.68. The number of piperidine rings is 1. The van der Waals surface area contributed by atoms with Crippen LogP contribution in [0.3, 0.4) is 0 Å². The normalized spacial score (nSPS) is 22.0. The van der Waals surface area contributed by atoms with Gasteiger partial charge in [0.05, 0.1) is 18.7 Å². The number of benzene rings is 2. The lowest BCUT2D eigenvalue weighted by atomic mass is 9.96. The van der Waals surface area contributed by atoms with E-state index in [1.807, 2.05) is 31.2 Å². The fraction of sp³-hybridized carbons (Fsp3) is 0.480.